The van der Waals surface area contributed by atoms with Crippen LogP contribution in [0, 0.1) is 0 Å². The molecule has 0 spiro atoms. The number of benzene rings is 1. The van der Waals surface area contributed by atoms with Crippen molar-refractivity contribution in [2.24, 2.45) is 10.9 Å². The average molecular weight is 277 g/mol. The van der Waals surface area contributed by atoms with E-state index < -0.39 is 5.60 Å². The van der Waals surface area contributed by atoms with Gasteiger partial charge in [0.25, 0.3) is 0 Å². The van der Waals surface area contributed by atoms with Crippen molar-refractivity contribution >= 4 is 5.84 Å². The molecule has 20 heavy (non-hydrogen) atoms. The van der Waals surface area contributed by atoms with Crippen molar-refractivity contribution in [1.29, 1.82) is 0 Å². The van der Waals surface area contributed by atoms with Crippen LogP contribution in [0.2, 0.25) is 0 Å². The summed E-state index contributed by atoms with van der Waals surface area (Å²) in [4.78, 5) is 0. The van der Waals surface area contributed by atoms with E-state index in [2.05, 4.69) is 10.5 Å². The first kappa shape index (κ1) is 14.8. The summed E-state index contributed by atoms with van der Waals surface area (Å²) in [5, 5.41) is 25.6. The highest BCUT2D eigenvalue weighted by Gasteiger charge is 2.30. The Morgan fingerprint density at radius 1 is 1.30 bits per heavy atom. The zero-order valence-corrected chi connectivity index (χ0v) is 11.6. The fraction of sp³-hybridized carbons (Fsp3) is 0.533. The third-order valence-electron chi connectivity index (χ3n) is 4.01. The van der Waals surface area contributed by atoms with Crippen molar-refractivity contribution in [2.75, 3.05) is 13.1 Å². The van der Waals surface area contributed by atoms with Crippen LogP contribution in [0.3, 0.4) is 0 Å². The maximum Gasteiger partial charge on any atom is 0.147 e. The number of oxime groups is 1. The van der Waals surface area contributed by atoms with Crippen LogP contribution >= 0.6 is 0 Å². The number of rotatable bonds is 6. The zero-order valence-electron chi connectivity index (χ0n) is 11.6. The summed E-state index contributed by atoms with van der Waals surface area (Å²) < 4.78 is 0. The average Bonchev–Trinajstić information content (AvgIpc) is 2.91. The molecule has 0 amide bonds. The molecule has 0 radical (unpaired) electrons. The third kappa shape index (κ3) is 3.71. The van der Waals surface area contributed by atoms with Gasteiger partial charge < -0.3 is 21.4 Å². The van der Waals surface area contributed by atoms with Crippen molar-refractivity contribution in [3.63, 3.8) is 0 Å². The van der Waals surface area contributed by atoms with E-state index in [0.717, 1.165) is 31.2 Å². The van der Waals surface area contributed by atoms with E-state index in [4.69, 9.17) is 10.9 Å². The fourth-order valence-corrected chi connectivity index (χ4v) is 2.81. The number of nitrogens with two attached hydrogens (primary N) is 1. The molecular formula is C15H23N3O2. The Hall–Kier alpha value is -1.59. The van der Waals surface area contributed by atoms with Crippen LogP contribution in [0.1, 0.15) is 37.2 Å². The lowest BCUT2D eigenvalue weighted by atomic mass is 9.97. The highest BCUT2D eigenvalue weighted by molar-refractivity contribution is 5.87. The molecule has 110 valence electrons. The summed E-state index contributed by atoms with van der Waals surface area (Å²) in [7, 11) is 0. The predicted octanol–water partition coefficient (Wildman–Crippen LogP) is 1.41. The smallest absolute Gasteiger partial charge is 0.147 e. The van der Waals surface area contributed by atoms with Gasteiger partial charge in [-0.05, 0) is 18.4 Å². The maximum atomic E-state index is 10.3. The molecule has 1 aliphatic rings. The van der Waals surface area contributed by atoms with Gasteiger partial charge in [-0.2, -0.15) is 0 Å². The maximum absolute atomic E-state index is 10.3. The van der Waals surface area contributed by atoms with Gasteiger partial charge in [-0.15, -0.1) is 0 Å². The largest absolute Gasteiger partial charge is 0.409 e. The van der Waals surface area contributed by atoms with E-state index in [1.807, 2.05) is 30.3 Å². The molecule has 1 aliphatic carbocycles. The number of nitrogens with zero attached hydrogens (tertiary/aromatic N) is 1. The molecule has 0 aliphatic heterocycles. The molecule has 0 bridgehead atoms. The van der Waals surface area contributed by atoms with Crippen LogP contribution < -0.4 is 11.1 Å². The molecule has 1 atom stereocenters. The van der Waals surface area contributed by atoms with Crippen LogP contribution in [0.25, 0.3) is 0 Å². The lowest BCUT2D eigenvalue weighted by Crippen LogP contribution is -2.41. The van der Waals surface area contributed by atoms with Gasteiger partial charge in [0.2, 0.25) is 0 Å². The number of hydrogen-bond donors (Lipinski definition) is 4. The van der Waals surface area contributed by atoms with Gasteiger partial charge in [-0.25, -0.2) is 0 Å². The van der Waals surface area contributed by atoms with Crippen LogP contribution in [0.5, 0.6) is 0 Å². The Bertz CT molecular complexity index is 442. The van der Waals surface area contributed by atoms with Crippen molar-refractivity contribution in [1.82, 2.24) is 5.32 Å². The van der Waals surface area contributed by atoms with Crippen molar-refractivity contribution in [3.05, 3.63) is 35.9 Å². The monoisotopic (exact) mass is 277 g/mol. The SMILES string of the molecule is NC(=NO)C(CNCC1(O)CCCC1)c1ccccc1. The molecule has 2 rings (SSSR count). The Morgan fingerprint density at radius 2 is 1.95 bits per heavy atom. The minimum atomic E-state index is -0.591. The third-order valence-corrected chi connectivity index (χ3v) is 4.01. The number of hydrogen-bond acceptors (Lipinski definition) is 4. The van der Waals surface area contributed by atoms with E-state index in [9.17, 15) is 5.11 Å². The standard InChI is InChI=1S/C15H23N3O2/c16-14(18-20)13(12-6-2-1-3-7-12)10-17-11-15(19)8-4-5-9-15/h1-3,6-7,13,17,19-20H,4-5,8-11H2,(H2,16,18). The second-order valence-electron chi connectivity index (χ2n) is 5.55. The second-order valence-corrected chi connectivity index (χ2v) is 5.55. The Labute approximate surface area is 119 Å². The van der Waals surface area contributed by atoms with Crippen LogP contribution in [0.15, 0.2) is 35.5 Å². The lowest BCUT2D eigenvalue weighted by molar-refractivity contribution is 0.0479. The normalized spacial score (nSPS) is 19.9. The van der Waals surface area contributed by atoms with E-state index in [0.29, 0.717) is 13.1 Å². The minimum Gasteiger partial charge on any atom is -0.409 e. The number of nitrogens with one attached hydrogen (secondary N) is 1. The zero-order chi connectivity index (χ0) is 14.4. The minimum absolute atomic E-state index is 0.183. The molecule has 1 aromatic carbocycles. The van der Waals surface area contributed by atoms with E-state index in [-0.39, 0.29) is 11.8 Å². The molecule has 1 fully saturated rings. The molecule has 5 nitrogen and oxygen atoms in total. The fourth-order valence-electron chi connectivity index (χ4n) is 2.81. The van der Waals surface area contributed by atoms with Gasteiger partial charge >= 0.3 is 0 Å². The van der Waals surface area contributed by atoms with Crippen molar-refractivity contribution in [2.45, 2.75) is 37.2 Å². The molecule has 0 saturated heterocycles. The quantitative estimate of drug-likeness (QED) is 0.274. The first-order valence-electron chi connectivity index (χ1n) is 7.10. The highest BCUT2D eigenvalue weighted by atomic mass is 16.4. The lowest BCUT2D eigenvalue weighted by Gasteiger charge is -2.24. The summed E-state index contributed by atoms with van der Waals surface area (Å²) in [6, 6.07) is 9.69. The molecule has 0 heterocycles. The summed E-state index contributed by atoms with van der Waals surface area (Å²) >= 11 is 0. The summed E-state index contributed by atoms with van der Waals surface area (Å²) in [5.74, 6) is -0.00619. The Balaban J connectivity index is 1.95. The number of amidine groups is 1. The van der Waals surface area contributed by atoms with Crippen LogP contribution in [-0.2, 0) is 0 Å². The van der Waals surface area contributed by atoms with Gasteiger partial charge in [0.15, 0.2) is 0 Å². The topological polar surface area (TPSA) is 90.9 Å². The summed E-state index contributed by atoms with van der Waals surface area (Å²) in [5.41, 5.74) is 6.18. The first-order chi connectivity index (χ1) is 9.64. The number of aliphatic hydroxyl groups is 1. The van der Waals surface area contributed by atoms with Gasteiger partial charge in [0.1, 0.15) is 5.84 Å². The van der Waals surface area contributed by atoms with E-state index >= 15 is 0 Å². The van der Waals surface area contributed by atoms with Gasteiger partial charge in [-0.1, -0.05) is 48.3 Å². The van der Waals surface area contributed by atoms with Crippen LogP contribution in [-0.4, -0.2) is 34.8 Å². The second kappa shape index (κ2) is 6.72. The van der Waals surface area contributed by atoms with Crippen molar-refractivity contribution in [3.8, 4) is 0 Å². The van der Waals surface area contributed by atoms with Crippen molar-refractivity contribution < 1.29 is 10.3 Å². The Morgan fingerprint density at radius 3 is 2.55 bits per heavy atom. The summed E-state index contributed by atoms with van der Waals surface area (Å²) in [6.45, 7) is 1.09. The van der Waals surface area contributed by atoms with Gasteiger partial charge in [0, 0.05) is 13.1 Å². The molecule has 0 aromatic heterocycles. The molecular weight excluding hydrogens is 254 g/mol. The Kier molecular flexibility index (Phi) is 4.98. The predicted molar refractivity (Wildman–Crippen MR) is 78.9 cm³/mol. The highest BCUT2D eigenvalue weighted by Crippen LogP contribution is 2.28. The van der Waals surface area contributed by atoms with Gasteiger partial charge in [0.05, 0.1) is 11.5 Å². The molecule has 5 N–H and O–H groups in total. The summed E-state index contributed by atoms with van der Waals surface area (Å²) in [6.07, 6.45) is 3.86. The van der Waals surface area contributed by atoms with E-state index in [1.54, 1.807) is 0 Å². The first-order valence-corrected chi connectivity index (χ1v) is 7.10. The molecule has 1 unspecified atom stereocenters. The molecule has 5 heteroatoms. The molecule has 1 aromatic rings. The molecule has 1 saturated carbocycles. The van der Waals surface area contributed by atoms with Gasteiger partial charge in [-0.3, -0.25) is 0 Å². The van der Waals surface area contributed by atoms with E-state index in [1.165, 1.54) is 0 Å². The van der Waals surface area contributed by atoms with Crippen LogP contribution in [0.4, 0.5) is 0 Å².